The molecule has 56 heavy (non-hydrogen) atoms. The van der Waals surface area contributed by atoms with Crippen molar-refractivity contribution >= 4 is 44.9 Å². The molecule has 0 saturated carbocycles. The second-order valence-electron chi connectivity index (χ2n) is 14.5. The zero-order valence-corrected chi connectivity index (χ0v) is 30.6. The standard InChI is InChI=1S/C53H36N2O/c1-5-19-38(20-6-1)54(39-21-7-2-8-22-39)42-33-34-45-44-28-15-16-29-46(44)53(48(45)36-42)47-30-17-31-49(55(40-23-9-3-10-24-40)41-25-11-4-12-26-41)52(47)56-50-35-32-37-18-13-14-27-43(37)51(50)53/h1-36H. The van der Waals surface area contributed by atoms with Gasteiger partial charge in [0.15, 0.2) is 5.75 Å². The maximum Gasteiger partial charge on any atom is 0.156 e. The molecule has 1 aliphatic heterocycles. The van der Waals surface area contributed by atoms with E-state index < -0.39 is 5.41 Å². The molecule has 3 nitrogen and oxygen atoms in total. The summed E-state index contributed by atoms with van der Waals surface area (Å²) in [6.07, 6.45) is 0. The molecule has 0 aromatic heterocycles. The number of rotatable bonds is 6. The number of anilines is 6. The molecule has 1 atom stereocenters. The number of hydrogen-bond acceptors (Lipinski definition) is 3. The van der Waals surface area contributed by atoms with Crippen molar-refractivity contribution in [1.29, 1.82) is 0 Å². The quantitative estimate of drug-likeness (QED) is 0.170. The van der Waals surface area contributed by atoms with Crippen LogP contribution < -0.4 is 14.5 Å². The first kappa shape index (κ1) is 32.1. The number of para-hydroxylation sites is 5. The van der Waals surface area contributed by atoms with Gasteiger partial charge in [0.1, 0.15) is 5.75 Å². The lowest BCUT2D eigenvalue weighted by Gasteiger charge is -2.42. The maximum absolute atomic E-state index is 7.32. The summed E-state index contributed by atoms with van der Waals surface area (Å²) in [5.74, 6) is 1.71. The molecule has 0 saturated heterocycles. The summed E-state index contributed by atoms with van der Waals surface area (Å²) >= 11 is 0. The van der Waals surface area contributed by atoms with E-state index in [1.165, 1.54) is 38.6 Å². The minimum absolute atomic E-state index is 0.709. The van der Waals surface area contributed by atoms with Crippen LogP contribution in [0.25, 0.3) is 21.9 Å². The number of fused-ring (bicyclic) bond motifs is 11. The van der Waals surface area contributed by atoms with Gasteiger partial charge in [0.25, 0.3) is 0 Å². The zero-order chi connectivity index (χ0) is 37.1. The van der Waals surface area contributed by atoms with Crippen molar-refractivity contribution in [3.63, 3.8) is 0 Å². The molecular weight excluding hydrogens is 681 g/mol. The van der Waals surface area contributed by atoms with Crippen LogP contribution >= 0.6 is 0 Å². The van der Waals surface area contributed by atoms with Gasteiger partial charge in [0.2, 0.25) is 0 Å². The van der Waals surface area contributed by atoms with Crippen molar-refractivity contribution in [2.45, 2.75) is 5.41 Å². The largest absolute Gasteiger partial charge is 0.454 e. The van der Waals surface area contributed by atoms with Gasteiger partial charge in [-0.15, -0.1) is 0 Å². The highest BCUT2D eigenvalue weighted by molar-refractivity contribution is 5.99. The SMILES string of the molecule is c1ccc(N(c2ccccc2)c2ccc3c(c2)C2(c4ccccc4-3)c3cccc(N(c4ccccc4)c4ccccc4)c3Oc3ccc4ccccc4c32)cc1. The average molecular weight is 717 g/mol. The van der Waals surface area contributed by atoms with Gasteiger partial charge in [-0.1, -0.05) is 146 Å². The Morgan fingerprint density at radius 2 is 0.893 bits per heavy atom. The third-order valence-electron chi connectivity index (χ3n) is 11.5. The highest BCUT2D eigenvalue weighted by Crippen LogP contribution is 2.65. The van der Waals surface area contributed by atoms with E-state index >= 15 is 0 Å². The smallest absolute Gasteiger partial charge is 0.156 e. The summed E-state index contributed by atoms with van der Waals surface area (Å²) in [4.78, 5) is 4.69. The molecule has 0 bridgehead atoms. The molecule has 1 spiro atoms. The highest BCUT2D eigenvalue weighted by atomic mass is 16.5. The van der Waals surface area contributed by atoms with E-state index in [-0.39, 0.29) is 0 Å². The Balaban J connectivity index is 1.26. The van der Waals surface area contributed by atoms with Crippen LogP contribution in [0, 0.1) is 0 Å². The first-order valence-electron chi connectivity index (χ1n) is 19.2. The molecule has 1 heterocycles. The molecule has 1 aliphatic carbocycles. The average Bonchev–Trinajstić information content (AvgIpc) is 3.55. The van der Waals surface area contributed by atoms with Gasteiger partial charge in [-0.2, -0.15) is 0 Å². The van der Waals surface area contributed by atoms with Crippen LogP contribution in [0.2, 0.25) is 0 Å². The topological polar surface area (TPSA) is 15.7 Å². The Kier molecular flexibility index (Phi) is 7.39. The highest BCUT2D eigenvalue weighted by Gasteiger charge is 2.53. The zero-order valence-electron chi connectivity index (χ0n) is 30.6. The summed E-state index contributed by atoms with van der Waals surface area (Å²) in [6.45, 7) is 0. The fourth-order valence-electron chi connectivity index (χ4n) is 9.22. The van der Waals surface area contributed by atoms with Gasteiger partial charge in [0, 0.05) is 39.6 Å². The minimum atomic E-state index is -0.709. The van der Waals surface area contributed by atoms with Crippen LogP contribution in [0.15, 0.2) is 218 Å². The Morgan fingerprint density at radius 1 is 0.357 bits per heavy atom. The van der Waals surface area contributed by atoms with Crippen molar-refractivity contribution in [3.8, 4) is 22.6 Å². The number of hydrogen-bond donors (Lipinski definition) is 0. The molecule has 3 heteroatoms. The van der Waals surface area contributed by atoms with Crippen molar-refractivity contribution in [1.82, 2.24) is 0 Å². The van der Waals surface area contributed by atoms with Gasteiger partial charge < -0.3 is 14.5 Å². The fourth-order valence-corrected chi connectivity index (χ4v) is 9.22. The molecule has 9 aromatic carbocycles. The minimum Gasteiger partial charge on any atom is -0.454 e. The summed E-state index contributed by atoms with van der Waals surface area (Å²) in [5, 5.41) is 2.36. The predicted octanol–water partition coefficient (Wildman–Crippen LogP) is 14.2. The summed E-state index contributed by atoms with van der Waals surface area (Å²) < 4.78 is 7.32. The van der Waals surface area contributed by atoms with Gasteiger partial charge in [-0.25, -0.2) is 0 Å². The molecule has 0 radical (unpaired) electrons. The lowest BCUT2D eigenvalue weighted by molar-refractivity contribution is 0.439. The predicted molar refractivity (Wildman–Crippen MR) is 231 cm³/mol. The lowest BCUT2D eigenvalue weighted by Crippen LogP contribution is -2.33. The van der Waals surface area contributed by atoms with Crippen LogP contribution in [0.1, 0.15) is 22.3 Å². The second kappa shape index (κ2) is 12.9. The van der Waals surface area contributed by atoms with Crippen molar-refractivity contribution in [2.24, 2.45) is 0 Å². The maximum atomic E-state index is 7.32. The van der Waals surface area contributed by atoms with E-state index in [0.717, 1.165) is 51.2 Å². The second-order valence-corrected chi connectivity index (χ2v) is 14.5. The first-order valence-corrected chi connectivity index (χ1v) is 19.2. The number of nitrogens with zero attached hydrogens (tertiary/aromatic N) is 2. The van der Waals surface area contributed by atoms with E-state index in [2.05, 4.69) is 228 Å². The molecule has 0 fully saturated rings. The number of ether oxygens (including phenoxy) is 1. The van der Waals surface area contributed by atoms with Crippen LogP contribution in [0.5, 0.6) is 11.5 Å². The summed E-state index contributed by atoms with van der Waals surface area (Å²) in [6, 6.07) is 78.4. The van der Waals surface area contributed by atoms with E-state index in [4.69, 9.17) is 4.74 Å². The van der Waals surface area contributed by atoms with Crippen LogP contribution in [0.3, 0.4) is 0 Å². The molecule has 0 N–H and O–H groups in total. The normalized spacial score (nSPS) is 14.6. The van der Waals surface area contributed by atoms with Crippen molar-refractivity contribution in [3.05, 3.63) is 241 Å². The van der Waals surface area contributed by atoms with E-state index in [9.17, 15) is 0 Å². The summed E-state index contributed by atoms with van der Waals surface area (Å²) in [5.41, 5.74) is 12.9. The van der Waals surface area contributed by atoms with Crippen molar-refractivity contribution in [2.75, 3.05) is 9.80 Å². The molecule has 1 unspecified atom stereocenters. The van der Waals surface area contributed by atoms with E-state index in [1.54, 1.807) is 0 Å². The molecule has 11 rings (SSSR count). The molecule has 264 valence electrons. The fraction of sp³-hybridized carbons (Fsp3) is 0.0189. The Hall–Kier alpha value is -7.36. The van der Waals surface area contributed by atoms with E-state index in [0.29, 0.717) is 0 Å². The number of benzene rings is 9. The van der Waals surface area contributed by atoms with Crippen LogP contribution in [-0.4, -0.2) is 0 Å². The molecule has 9 aromatic rings. The molecule has 2 aliphatic rings. The van der Waals surface area contributed by atoms with Crippen molar-refractivity contribution < 1.29 is 4.74 Å². The molecule has 0 amide bonds. The summed E-state index contributed by atoms with van der Waals surface area (Å²) in [7, 11) is 0. The Morgan fingerprint density at radius 3 is 1.55 bits per heavy atom. The Labute approximate surface area is 326 Å². The van der Waals surface area contributed by atoms with Gasteiger partial charge in [0.05, 0.1) is 11.1 Å². The third kappa shape index (κ3) is 4.77. The molecular formula is C53H36N2O. The van der Waals surface area contributed by atoms with Gasteiger partial charge >= 0.3 is 0 Å². The van der Waals surface area contributed by atoms with Crippen LogP contribution in [0.4, 0.5) is 34.1 Å². The van der Waals surface area contributed by atoms with Crippen LogP contribution in [-0.2, 0) is 5.41 Å². The third-order valence-corrected chi connectivity index (χ3v) is 11.5. The van der Waals surface area contributed by atoms with Gasteiger partial charge in [-0.3, -0.25) is 0 Å². The Bertz CT molecular complexity index is 2810. The van der Waals surface area contributed by atoms with E-state index in [1.807, 2.05) is 0 Å². The monoisotopic (exact) mass is 716 g/mol. The van der Waals surface area contributed by atoms with Gasteiger partial charge in [-0.05, 0) is 106 Å². The first-order chi connectivity index (χ1) is 27.8. The lowest BCUT2D eigenvalue weighted by atomic mass is 9.64.